The van der Waals surface area contributed by atoms with Gasteiger partial charge >= 0.3 is 0 Å². The molecular formula is C13H17BrFNO. The highest BCUT2D eigenvalue weighted by molar-refractivity contribution is 9.10. The molecule has 0 aliphatic carbocycles. The third-order valence-corrected chi connectivity index (χ3v) is 4.01. The van der Waals surface area contributed by atoms with Crippen LogP contribution in [0, 0.1) is 11.7 Å². The fraction of sp³-hybridized carbons (Fsp3) is 0.538. The standard InChI is InChI=1S/C13H17BrFNO/c1-8-6-7-17-13(8)12(16-2)9-4-3-5-10(14)11(9)15/h3-5,8,12-13,16H,6-7H2,1-2H3. The molecule has 3 unspecified atom stereocenters. The maximum atomic E-state index is 14.1. The second-order valence-electron chi connectivity index (χ2n) is 4.51. The first kappa shape index (κ1) is 13.0. The molecule has 0 saturated carbocycles. The summed E-state index contributed by atoms with van der Waals surface area (Å²) in [7, 11) is 1.85. The smallest absolute Gasteiger partial charge is 0.142 e. The molecule has 0 bridgehead atoms. The molecule has 3 atom stereocenters. The third kappa shape index (κ3) is 2.54. The van der Waals surface area contributed by atoms with Crippen molar-refractivity contribution in [2.75, 3.05) is 13.7 Å². The van der Waals surface area contributed by atoms with Crippen LogP contribution in [0.1, 0.15) is 24.9 Å². The van der Waals surface area contributed by atoms with Gasteiger partial charge in [0.2, 0.25) is 0 Å². The van der Waals surface area contributed by atoms with Crippen LogP contribution in [0.25, 0.3) is 0 Å². The van der Waals surface area contributed by atoms with Crippen LogP contribution in [0.5, 0.6) is 0 Å². The van der Waals surface area contributed by atoms with E-state index < -0.39 is 0 Å². The van der Waals surface area contributed by atoms with Crippen LogP contribution in [0.15, 0.2) is 22.7 Å². The predicted molar refractivity (Wildman–Crippen MR) is 69.4 cm³/mol. The van der Waals surface area contributed by atoms with Crippen LogP contribution in [-0.4, -0.2) is 19.8 Å². The van der Waals surface area contributed by atoms with Gasteiger partial charge in [0.05, 0.1) is 16.6 Å². The van der Waals surface area contributed by atoms with E-state index in [0.717, 1.165) is 13.0 Å². The van der Waals surface area contributed by atoms with E-state index in [9.17, 15) is 4.39 Å². The Morgan fingerprint density at radius 1 is 1.53 bits per heavy atom. The van der Waals surface area contributed by atoms with Crippen molar-refractivity contribution >= 4 is 15.9 Å². The monoisotopic (exact) mass is 301 g/mol. The number of benzene rings is 1. The topological polar surface area (TPSA) is 21.3 Å². The van der Waals surface area contributed by atoms with Gasteiger partial charge in [-0.1, -0.05) is 19.1 Å². The lowest BCUT2D eigenvalue weighted by Crippen LogP contribution is -2.33. The third-order valence-electron chi connectivity index (χ3n) is 3.40. The highest BCUT2D eigenvalue weighted by Gasteiger charge is 2.33. The lowest BCUT2D eigenvalue weighted by molar-refractivity contribution is 0.0620. The summed E-state index contributed by atoms with van der Waals surface area (Å²) in [4.78, 5) is 0. The molecule has 1 fully saturated rings. The molecular weight excluding hydrogens is 285 g/mol. The summed E-state index contributed by atoms with van der Waals surface area (Å²) in [5, 5.41) is 3.17. The minimum Gasteiger partial charge on any atom is -0.376 e. The summed E-state index contributed by atoms with van der Waals surface area (Å²) in [6, 6.07) is 5.29. The van der Waals surface area contributed by atoms with Crippen LogP contribution in [-0.2, 0) is 4.74 Å². The van der Waals surface area contributed by atoms with Gasteiger partial charge in [-0.2, -0.15) is 0 Å². The number of likely N-dealkylation sites (N-methyl/N-ethyl adjacent to an activating group) is 1. The molecule has 1 aromatic carbocycles. The summed E-state index contributed by atoms with van der Waals surface area (Å²) >= 11 is 3.22. The highest BCUT2D eigenvalue weighted by Crippen LogP contribution is 2.33. The van der Waals surface area contributed by atoms with Crippen molar-refractivity contribution in [3.05, 3.63) is 34.1 Å². The van der Waals surface area contributed by atoms with E-state index in [1.165, 1.54) is 0 Å². The maximum Gasteiger partial charge on any atom is 0.142 e. The first-order valence-electron chi connectivity index (χ1n) is 5.88. The Bertz CT molecular complexity index is 399. The van der Waals surface area contributed by atoms with Gasteiger partial charge in [0.1, 0.15) is 5.82 Å². The zero-order valence-corrected chi connectivity index (χ0v) is 11.6. The Balaban J connectivity index is 2.31. The molecule has 4 heteroatoms. The molecule has 1 heterocycles. The maximum absolute atomic E-state index is 14.1. The number of halogens is 2. The lowest BCUT2D eigenvalue weighted by Gasteiger charge is -2.26. The molecule has 1 N–H and O–H groups in total. The Morgan fingerprint density at radius 3 is 2.88 bits per heavy atom. The van der Waals surface area contributed by atoms with Gasteiger partial charge in [-0.3, -0.25) is 0 Å². The zero-order chi connectivity index (χ0) is 12.4. The molecule has 0 radical (unpaired) electrons. The zero-order valence-electron chi connectivity index (χ0n) is 10.0. The van der Waals surface area contributed by atoms with Crippen LogP contribution in [0.4, 0.5) is 4.39 Å². The summed E-state index contributed by atoms with van der Waals surface area (Å²) in [5.41, 5.74) is 0.667. The van der Waals surface area contributed by atoms with Gasteiger partial charge in [-0.15, -0.1) is 0 Å². The molecule has 0 amide bonds. The van der Waals surface area contributed by atoms with Gasteiger partial charge in [0, 0.05) is 12.2 Å². The van der Waals surface area contributed by atoms with E-state index in [0.29, 0.717) is 16.0 Å². The molecule has 1 saturated heterocycles. The van der Waals surface area contributed by atoms with Crippen LogP contribution < -0.4 is 5.32 Å². The van der Waals surface area contributed by atoms with E-state index >= 15 is 0 Å². The van der Waals surface area contributed by atoms with E-state index in [4.69, 9.17) is 4.74 Å². The second-order valence-corrected chi connectivity index (χ2v) is 5.37. The van der Waals surface area contributed by atoms with Gasteiger partial charge < -0.3 is 10.1 Å². The Hall–Kier alpha value is -0.450. The number of hydrogen-bond acceptors (Lipinski definition) is 2. The molecule has 0 spiro atoms. The second kappa shape index (κ2) is 5.46. The first-order chi connectivity index (χ1) is 8.15. The van der Waals surface area contributed by atoms with Gasteiger partial charge in [0.25, 0.3) is 0 Å². The molecule has 1 aromatic rings. The Kier molecular flexibility index (Phi) is 4.17. The normalized spacial score (nSPS) is 26.1. The average Bonchev–Trinajstić information content (AvgIpc) is 2.72. The number of ether oxygens (including phenoxy) is 1. The van der Waals surface area contributed by atoms with E-state index in [1.54, 1.807) is 6.07 Å². The highest BCUT2D eigenvalue weighted by atomic mass is 79.9. The van der Waals surface area contributed by atoms with Gasteiger partial charge in [0.15, 0.2) is 0 Å². The van der Waals surface area contributed by atoms with E-state index in [1.807, 2.05) is 19.2 Å². The minimum absolute atomic E-state index is 0.0452. The van der Waals surface area contributed by atoms with Crippen molar-refractivity contribution in [2.45, 2.75) is 25.5 Å². The Morgan fingerprint density at radius 2 is 2.29 bits per heavy atom. The predicted octanol–water partition coefficient (Wildman–Crippen LogP) is 3.27. The fourth-order valence-electron chi connectivity index (χ4n) is 2.40. The summed E-state index contributed by atoms with van der Waals surface area (Å²) in [6.45, 7) is 2.91. The quantitative estimate of drug-likeness (QED) is 0.925. The van der Waals surface area contributed by atoms with Crippen molar-refractivity contribution in [3.63, 3.8) is 0 Å². The molecule has 1 aliphatic rings. The van der Waals surface area contributed by atoms with Crippen molar-refractivity contribution in [1.82, 2.24) is 5.32 Å². The van der Waals surface area contributed by atoms with Gasteiger partial charge in [-0.05, 0) is 41.4 Å². The van der Waals surface area contributed by atoms with Crippen molar-refractivity contribution < 1.29 is 9.13 Å². The van der Waals surface area contributed by atoms with Gasteiger partial charge in [-0.25, -0.2) is 4.39 Å². The molecule has 2 nitrogen and oxygen atoms in total. The molecule has 1 aliphatic heterocycles. The van der Waals surface area contributed by atoms with Crippen LogP contribution in [0.2, 0.25) is 0 Å². The Labute approximate surface area is 110 Å². The fourth-order valence-corrected chi connectivity index (χ4v) is 2.78. The van der Waals surface area contributed by atoms with Crippen molar-refractivity contribution in [3.8, 4) is 0 Å². The van der Waals surface area contributed by atoms with Crippen LogP contribution >= 0.6 is 15.9 Å². The number of hydrogen-bond donors (Lipinski definition) is 1. The van der Waals surface area contributed by atoms with Crippen molar-refractivity contribution in [2.24, 2.45) is 5.92 Å². The molecule has 2 rings (SSSR count). The lowest BCUT2D eigenvalue weighted by atomic mass is 9.92. The first-order valence-corrected chi connectivity index (χ1v) is 6.67. The van der Waals surface area contributed by atoms with Crippen molar-refractivity contribution in [1.29, 1.82) is 0 Å². The summed E-state index contributed by atoms with van der Waals surface area (Å²) in [5.74, 6) is 0.250. The minimum atomic E-state index is -0.199. The number of nitrogens with one attached hydrogen (secondary N) is 1. The SMILES string of the molecule is CNC(c1cccc(Br)c1F)C1OCCC1C. The summed E-state index contributed by atoms with van der Waals surface area (Å²) < 4.78 is 20.3. The largest absolute Gasteiger partial charge is 0.376 e. The average molecular weight is 302 g/mol. The summed E-state index contributed by atoms with van der Waals surface area (Å²) in [6.07, 6.45) is 1.09. The molecule has 17 heavy (non-hydrogen) atoms. The molecule has 0 aromatic heterocycles. The molecule has 94 valence electrons. The number of rotatable bonds is 3. The van der Waals surface area contributed by atoms with E-state index in [-0.39, 0.29) is 18.0 Å². The van der Waals surface area contributed by atoms with E-state index in [2.05, 4.69) is 28.2 Å². The van der Waals surface area contributed by atoms with Crippen LogP contribution in [0.3, 0.4) is 0 Å².